The number of aromatic nitrogens is 3. The monoisotopic (exact) mass is 461 g/mol. The van der Waals surface area contributed by atoms with Gasteiger partial charge < -0.3 is 15.0 Å². The van der Waals surface area contributed by atoms with E-state index in [1.165, 1.54) is 38.1 Å². The molecule has 1 fully saturated rings. The highest BCUT2D eigenvalue weighted by molar-refractivity contribution is 6.12. The fraction of sp³-hybridized carbons (Fsp3) is 0.292. The van der Waals surface area contributed by atoms with Crippen molar-refractivity contribution < 1.29 is 14.3 Å². The van der Waals surface area contributed by atoms with Crippen molar-refractivity contribution in [3.05, 3.63) is 60.6 Å². The molecule has 10 nitrogen and oxygen atoms in total. The number of hydrogen-bond donors (Lipinski definition) is 4. The molecule has 1 aromatic carbocycles. The first-order valence-electron chi connectivity index (χ1n) is 11.1. The molecular formula is C24H27N7O3. The summed E-state index contributed by atoms with van der Waals surface area (Å²) in [6.07, 6.45) is 9.33. The van der Waals surface area contributed by atoms with Crippen LogP contribution < -0.4 is 20.7 Å². The third kappa shape index (κ3) is 5.40. The van der Waals surface area contributed by atoms with E-state index in [4.69, 9.17) is 4.74 Å². The SMILES string of the molecule is C=CNC(=NC)NC(=O)c1cccc2[nH]c(NC(=O)c3cncc(OCC4CCCC4)c3)nc12. The standard InChI is InChI=1S/C24H27N7O3/c1-3-27-23(25-2)31-22(33)18-9-6-10-19-20(18)29-24(28-19)30-21(32)16-11-17(13-26-12-16)34-14-15-7-4-5-8-15/h3,6,9-13,15H,1,4-5,7-8,14H2,2H3,(H2,25,27,31,33)(H2,28,29,30,32). The summed E-state index contributed by atoms with van der Waals surface area (Å²) in [5.74, 6) is 0.798. The van der Waals surface area contributed by atoms with Crippen molar-refractivity contribution in [1.82, 2.24) is 25.6 Å². The average molecular weight is 462 g/mol. The van der Waals surface area contributed by atoms with E-state index >= 15 is 0 Å². The van der Waals surface area contributed by atoms with Gasteiger partial charge in [0.15, 0.2) is 0 Å². The predicted molar refractivity (Wildman–Crippen MR) is 130 cm³/mol. The minimum Gasteiger partial charge on any atom is -0.492 e. The number of aliphatic imine (C=N–C) groups is 1. The van der Waals surface area contributed by atoms with Crippen LogP contribution in [0.1, 0.15) is 46.4 Å². The zero-order valence-corrected chi connectivity index (χ0v) is 18.9. The molecule has 1 aliphatic rings. The lowest BCUT2D eigenvalue weighted by Gasteiger charge is -2.11. The van der Waals surface area contributed by atoms with Crippen LogP contribution >= 0.6 is 0 Å². The Morgan fingerprint density at radius 3 is 2.85 bits per heavy atom. The molecule has 0 radical (unpaired) electrons. The number of H-pyrrole nitrogens is 1. The van der Waals surface area contributed by atoms with Crippen molar-refractivity contribution in [3.63, 3.8) is 0 Å². The Bertz CT molecular complexity index is 1230. The van der Waals surface area contributed by atoms with Gasteiger partial charge in [0.2, 0.25) is 11.9 Å². The number of guanidine groups is 1. The van der Waals surface area contributed by atoms with Crippen molar-refractivity contribution in [3.8, 4) is 5.75 Å². The molecule has 176 valence electrons. The molecule has 1 aliphatic carbocycles. The highest BCUT2D eigenvalue weighted by Crippen LogP contribution is 2.26. The number of rotatable bonds is 7. The first-order valence-corrected chi connectivity index (χ1v) is 11.1. The number of anilines is 1. The van der Waals surface area contributed by atoms with Crippen LogP contribution in [0.4, 0.5) is 5.95 Å². The fourth-order valence-electron chi connectivity index (χ4n) is 3.90. The van der Waals surface area contributed by atoms with E-state index in [2.05, 4.69) is 42.5 Å². The summed E-state index contributed by atoms with van der Waals surface area (Å²) in [7, 11) is 1.54. The predicted octanol–water partition coefficient (Wildman–Crippen LogP) is 3.23. The Morgan fingerprint density at radius 1 is 1.26 bits per heavy atom. The lowest BCUT2D eigenvalue weighted by Crippen LogP contribution is -2.38. The van der Waals surface area contributed by atoms with Crippen LogP contribution in [-0.2, 0) is 0 Å². The van der Waals surface area contributed by atoms with E-state index in [-0.39, 0.29) is 17.8 Å². The van der Waals surface area contributed by atoms with Crippen LogP contribution in [0.2, 0.25) is 0 Å². The molecule has 0 spiro atoms. The molecule has 2 amide bonds. The van der Waals surface area contributed by atoms with E-state index in [0.29, 0.717) is 40.4 Å². The van der Waals surface area contributed by atoms with E-state index in [1.54, 1.807) is 37.5 Å². The maximum absolute atomic E-state index is 12.8. The Kier molecular flexibility index (Phi) is 7.16. The zero-order valence-electron chi connectivity index (χ0n) is 18.9. The second-order valence-electron chi connectivity index (χ2n) is 7.99. The lowest BCUT2D eigenvalue weighted by molar-refractivity contribution is 0.0976. The highest BCUT2D eigenvalue weighted by atomic mass is 16.5. The number of nitrogens with zero attached hydrogens (tertiary/aromatic N) is 3. The minimum atomic E-state index is -0.402. The summed E-state index contributed by atoms with van der Waals surface area (Å²) in [6.45, 7) is 4.19. The van der Waals surface area contributed by atoms with Gasteiger partial charge in [0.1, 0.15) is 11.3 Å². The van der Waals surface area contributed by atoms with Crippen LogP contribution in [-0.4, -0.2) is 46.4 Å². The smallest absolute Gasteiger partial charge is 0.260 e. The first-order chi connectivity index (χ1) is 16.6. The molecule has 0 bridgehead atoms. The Hall–Kier alpha value is -4.21. The van der Waals surface area contributed by atoms with Crippen molar-refractivity contribution in [2.45, 2.75) is 25.7 Å². The lowest BCUT2D eigenvalue weighted by atomic mass is 10.1. The summed E-state index contributed by atoms with van der Waals surface area (Å²) in [6, 6.07) is 6.79. The topological polar surface area (TPSA) is 133 Å². The summed E-state index contributed by atoms with van der Waals surface area (Å²) >= 11 is 0. The molecular weight excluding hydrogens is 434 g/mol. The van der Waals surface area contributed by atoms with Gasteiger partial charge in [-0.2, -0.15) is 0 Å². The second-order valence-corrected chi connectivity index (χ2v) is 7.99. The van der Waals surface area contributed by atoms with Crippen LogP contribution in [0.25, 0.3) is 11.0 Å². The average Bonchev–Trinajstić information content (AvgIpc) is 3.51. The zero-order chi connectivity index (χ0) is 23.9. The van der Waals surface area contributed by atoms with Gasteiger partial charge in [-0.1, -0.05) is 25.5 Å². The number of carbonyl (C=O) groups is 2. The van der Waals surface area contributed by atoms with Gasteiger partial charge in [0, 0.05) is 13.2 Å². The number of fused-ring (bicyclic) bond motifs is 1. The van der Waals surface area contributed by atoms with Crippen molar-refractivity contribution in [1.29, 1.82) is 0 Å². The molecule has 4 N–H and O–H groups in total. The third-order valence-electron chi connectivity index (χ3n) is 5.62. The quantitative estimate of drug-likeness (QED) is 0.315. The summed E-state index contributed by atoms with van der Waals surface area (Å²) < 4.78 is 5.85. The molecule has 3 aromatic rings. The van der Waals surface area contributed by atoms with E-state index in [0.717, 1.165) is 0 Å². The number of para-hydroxylation sites is 1. The normalized spacial score (nSPS) is 14.1. The van der Waals surface area contributed by atoms with E-state index in [9.17, 15) is 9.59 Å². The number of aromatic amines is 1. The molecule has 0 aliphatic heterocycles. The van der Waals surface area contributed by atoms with Gasteiger partial charge in [0.05, 0.1) is 29.4 Å². The van der Waals surface area contributed by atoms with E-state index < -0.39 is 5.91 Å². The first kappa shape index (κ1) is 23.0. The summed E-state index contributed by atoms with van der Waals surface area (Å²) in [5.41, 5.74) is 1.68. The molecule has 2 heterocycles. The molecule has 2 aromatic heterocycles. The number of amides is 2. The molecule has 4 rings (SSSR count). The molecule has 34 heavy (non-hydrogen) atoms. The minimum absolute atomic E-state index is 0.214. The highest BCUT2D eigenvalue weighted by Gasteiger charge is 2.18. The van der Waals surface area contributed by atoms with Crippen molar-refractivity contribution in [2.75, 3.05) is 19.0 Å². The van der Waals surface area contributed by atoms with Gasteiger partial charge >= 0.3 is 0 Å². The third-order valence-corrected chi connectivity index (χ3v) is 5.62. The van der Waals surface area contributed by atoms with Gasteiger partial charge in [0.25, 0.3) is 11.8 Å². The maximum Gasteiger partial charge on any atom is 0.260 e. The Labute approximate surface area is 196 Å². The van der Waals surface area contributed by atoms with Crippen molar-refractivity contribution >= 4 is 34.8 Å². The number of imidazole rings is 1. The molecule has 0 atom stereocenters. The van der Waals surface area contributed by atoms with Gasteiger partial charge in [-0.3, -0.25) is 30.2 Å². The van der Waals surface area contributed by atoms with Crippen LogP contribution in [0, 0.1) is 5.92 Å². The number of ether oxygens (including phenoxy) is 1. The molecule has 10 heteroatoms. The van der Waals surface area contributed by atoms with Gasteiger partial charge in [-0.05, 0) is 43.2 Å². The largest absolute Gasteiger partial charge is 0.492 e. The van der Waals surface area contributed by atoms with E-state index in [1.807, 2.05) is 0 Å². The number of hydrogen-bond acceptors (Lipinski definition) is 6. The van der Waals surface area contributed by atoms with Crippen LogP contribution in [0.3, 0.4) is 0 Å². The number of nitrogens with one attached hydrogen (secondary N) is 4. The maximum atomic E-state index is 12.8. The van der Waals surface area contributed by atoms with Crippen LogP contribution in [0.5, 0.6) is 5.75 Å². The molecule has 0 saturated heterocycles. The van der Waals surface area contributed by atoms with Gasteiger partial charge in [-0.15, -0.1) is 0 Å². The van der Waals surface area contributed by atoms with Crippen LogP contribution in [0.15, 0.2) is 54.4 Å². The fourth-order valence-corrected chi connectivity index (χ4v) is 3.90. The number of pyridine rings is 1. The van der Waals surface area contributed by atoms with Gasteiger partial charge in [-0.25, -0.2) is 4.98 Å². The summed E-state index contributed by atoms with van der Waals surface area (Å²) in [5, 5.41) is 8.12. The molecule has 0 unspecified atom stereocenters. The Balaban J connectivity index is 1.46. The Morgan fingerprint density at radius 2 is 2.09 bits per heavy atom. The second kappa shape index (κ2) is 10.6. The molecule has 1 saturated carbocycles. The number of carbonyl (C=O) groups excluding carboxylic acids is 2. The summed E-state index contributed by atoms with van der Waals surface area (Å²) in [4.78, 5) is 41.0. The number of benzene rings is 1. The van der Waals surface area contributed by atoms with Crippen molar-refractivity contribution in [2.24, 2.45) is 10.9 Å².